The molecule has 150 valence electrons. The summed E-state index contributed by atoms with van der Waals surface area (Å²) in [6.07, 6.45) is 10.8. The van der Waals surface area contributed by atoms with Gasteiger partial charge in [-0.2, -0.15) is 0 Å². The molecule has 0 saturated carbocycles. The van der Waals surface area contributed by atoms with Crippen LogP contribution >= 0.6 is 0 Å². The number of pyridine rings is 1. The van der Waals surface area contributed by atoms with E-state index in [1.165, 1.54) is 27.8 Å². The third-order valence-corrected chi connectivity index (χ3v) is 4.26. The van der Waals surface area contributed by atoms with Crippen molar-refractivity contribution in [2.24, 2.45) is 0 Å². The molecule has 0 spiro atoms. The highest BCUT2D eigenvalue weighted by Crippen LogP contribution is 2.25. The molecule has 0 aliphatic rings. The first-order chi connectivity index (χ1) is 13.3. The van der Waals surface area contributed by atoms with Gasteiger partial charge in [-0.3, -0.25) is 4.98 Å². The van der Waals surface area contributed by atoms with Crippen molar-refractivity contribution in [1.82, 2.24) is 4.98 Å². The zero-order valence-corrected chi connectivity index (χ0v) is 18.8. The molecule has 2 aromatic rings. The second-order valence-electron chi connectivity index (χ2n) is 6.75. The second-order valence-corrected chi connectivity index (χ2v) is 6.75. The van der Waals surface area contributed by atoms with E-state index < -0.39 is 0 Å². The van der Waals surface area contributed by atoms with E-state index in [0.29, 0.717) is 0 Å². The van der Waals surface area contributed by atoms with E-state index in [1.54, 1.807) is 0 Å². The van der Waals surface area contributed by atoms with E-state index in [1.807, 2.05) is 57.3 Å². The second kappa shape index (κ2) is 14.4. The predicted octanol–water partition coefficient (Wildman–Crippen LogP) is 8.51. The Hall–Kier alpha value is -2.67. The van der Waals surface area contributed by atoms with Gasteiger partial charge in [-0.25, -0.2) is 0 Å². The average molecular weight is 376 g/mol. The van der Waals surface area contributed by atoms with Crippen LogP contribution in [0.15, 0.2) is 79.6 Å². The minimum absolute atomic E-state index is 1.06. The summed E-state index contributed by atoms with van der Waals surface area (Å²) in [7, 11) is 0. The van der Waals surface area contributed by atoms with Crippen LogP contribution in [0.4, 0.5) is 0 Å². The quantitative estimate of drug-likeness (QED) is 0.385. The van der Waals surface area contributed by atoms with Crippen molar-refractivity contribution >= 4 is 5.57 Å². The summed E-state index contributed by atoms with van der Waals surface area (Å²) in [6.45, 7) is 22.0. The van der Waals surface area contributed by atoms with Gasteiger partial charge in [-0.1, -0.05) is 73.7 Å². The van der Waals surface area contributed by atoms with Crippen LogP contribution < -0.4 is 0 Å². The number of allylic oxidation sites excluding steroid dienone is 6. The van der Waals surface area contributed by atoms with Crippen LogP contribution in [0.5, 0.6) is 0 Å². The molecule has 2 rings (SSSR count). The van der Waals surface area contributed by atoms with Crippen LogP contribution in [-0.4, -0.2) is 4.98 Å². The standard InChI is InChI=1S/C16H17N.C7H12.C4H8/c1-11(2)15-8-7-14(10-13(15)4)16-12(3)6-5-9-17-16;1-4-6-7(3)5-2;1-3-4-2/h5-10H,1H2,2-4H3;4,6H,1,5H2,2-3H3;3-4H,1-2H3/b;7-6+;4-3-. The van der Waals surface area contributed by atoms with Crippen molar-refractivity contribution in [3.63, 3.8) is 0 Å². The molecule has 0 amide bonds. The molecular formula is C27H37N. The van der Waals surface area contributed by atoms with Gasteiger partial charge in [-0.05, 0) is 76.8 Å². The van der Waals surface area contributed by atoms with E-state index in [-0.39, 0.29) is 0 Å². The molecule has 0 atom stereocenters. The molecule has 1 heterocycles. The lowest BCUT2D eigenvalue weighted by atomic mass is 9.98. The molecular weight excluding hydrogens is 338 g/mol. The smallest absolute Gasteiger partial charge is 0.0731 e. The number of nitrogens with zero attached hydrogens (tertiary/aromatic N) is 1. The number of aryl methyl sites for hydroxylation is 2. The summed E-state index contributed by atoms with van der Waals surface area (Å²) < 4.78 is 0. The first kappa shape index (κ1) is 25.3. The van der Waals surface area contributed by atoms with Gasteiger partial charge in [0.1, 0.15) is 0 Å². The minimum atomic E-state index is 1.06. The highest BCUT2D eigenvalue weighted by atomic mass is 14.7. The molecule has 0 N–H and O–H groups in total. The van der Waals surface area contributed by atoms with Crippen LogP contribution in [0.3, 0.4) is 0 Å². The van der Waals surface area contributed by atoms with Gasteiger partial charge in [0.05, 0.1) is 5.69 Å². The van der Waals surface area contributed by atoms with Crippen molar-refractivity contribution in [3.05, 3.63) is 96.3 Å². The molecule has 1 aromatic heterocycles. The van der Waals surface area contributed by atoms with Crippen LogP contribution in [0.2, 0.25) is 0 Å². The molecule has 1 heteroatoms. The Labute approximate surface area is 173 Å². The summed E-state index contributed by atoms with van der Waals surface area (Å²) in [6, 6.07) is 10.5. The van der Waals surface area contributed by atoms with Gasteiger partial charge in [0.25, 0.3) is 0 Å². The fourth-order valence-electron chi connectivity index (χ4n) is 2.40. The lowest BCUT2D eigenvalue weighted by molar-refractivity contribution is 1.10. The molecule has 0 radical (unpaired) electrons. The molecule has 0 aliphatic heterocycles. The number of hydrogen-bond donors (Lipinski definition) is 0. The normalized spacial score (nSPS) is 10.5. The first-order valence-electron chi connectivity index (χ1n) is 9.86. The van der Waals surface area contributed by atoms with Crippen molar-refractivity contribution in [3.8, 4) is 11.3 Å². The highest BCUT2D eigenvalue weighted by molar-refractivity contribution is 5.70. The number of rotatable bonds is 4. The topological polar surface area (TPSA) is 12.9 Å². The van der Waals surface area contributed by atoms with Crippen molar-refractivity contribution in [1.29, 1.82) is 0 Å². The van der Waals surface area contributed by atoms with E-state index >= 15 is 0 Å². The van der Waals surface area contributed by atoms with Gasteiger partial charge in [0, 0.05) is 11.8 Å². The molecule has 0 aliphatic carbocycles. The van der Waals surface area contributed by atoms with Crippen molar-refractivity contribution in [2.45, 2.75) is 54.9 Å². The van der Waals surface area contributed by atoms with Crippen LogP contribution in [0.25, 0.3) is 16.8 Å². The summed E-state index contributed by atoms with van der Waals surface area (Å²) in [5.41, 5.74) is 8.40. The number of hydrogen-bond acceptors (Lipinski definition) is 1. The van der Waals surface area contributed by atoms with Gasteiger partial charge >= 0.3 is 0 Å². The Morgan fingerprint density at radius 2 is 1.68 bits per heavy atom. The SMILES string of the molecule is C/C=C\C.C=C(C)c1ccc(-c2ncccc2C)cc1C.C=C/C=C(\C)CC. The minimum Gasteiger partial charge on any atom is -0.256 e. The van der Waals surface area contributed by atoms with Crippen molar-refractivity contribution < 1.29 is 0 Å². The average Bonchev–Trinajstić information content (AvgIpc) is 2.68. The number of benzene rings is 1. The maximum Gasteiger partial charge on any atom is 0.0731 e. The highest BCUT2D eigenvalue weighted by Gasteiger charge is 2.05. The third-order valence-electron chi connectivity index (χ3n) is 4.26. The summed E-state index contributed by atoms with van der Waals surface area (Å²) >= 11 is 0. The van der Waals surface area contributed by atoms with E-state index in [2.05, 4.69) is 70.1 Å². The zero-order chi connectivity index (χ0) is 21.5. The Morgan fingerprint density at radius 3 is 2.07 bits per heavy atom. The summed E-state index contributed by atoms with van der Waals surface area (Å²) in [5.74, 6) is 0. The van der Waals surface area contributed by atoms with E-state index in [4.69, 9.17) is 0 Å². The Bertz CT molecular complexity index is 803. The first-order valence-corrected chi connectivity index (χ1v) is 9.86. The molecule has 0 unspecified atom stereocenters. The molecule has 0 fully saturated rings. The fraction of sp³-hybridized carbons (Fsp3) is 0.296. The molecule has 1 aromatic carbocycles. The van der Waals surface area contributed by atoms with E-state index in [0.717, 1.165) is 17.7 Å². The van der Waals surface area contributed by atoms with Gasteiger partial charge in [-0.15, -0.1) is 0 Å². The monoisotopic (exact) mass is 375 g/mol. The van der Waals surface area contributed by atoms with Crippen LogP contribution in [-0.2, 0) is 0 Å². The lowest BCUT2D eigenvalue weighted by Gasteiger charge is -2.09. The maximum absolute atomic E-state index is 4.44. The van der Waals surface area contributed by atoms with Crippen molar-refractivity contribution in [2.75, 3.05) is 0 Å². The van der Waals surface area contributed by atoms with Crippen LogP contribution in [0.1, 0.15) is 57.7 Å². The number of aromatic nitrogens is 1. The van der Waals surface area contributed by atoms with Gasteiger partial charge in [0.15, 0.2) is 0 Å². The predicted molar refractivity (Wildman–Crippen MR) is 129 cm³/mol. The third kappa shape index (κ3) is 9.32. The van der Waals surface area contributed by atoms with Crippen LogP contribution in [0, 0.1) is 13.8 Å². The molecule has 28 heavy (non-hydrogen) atoms. The Kier molecular flexibility index (Phi) is 13.0. The molecule has 0 bridgehead atoms. The van der Waals surface area contributed by atoms with Gasteiger partial charge < -0.3 is 0 Å². The fourth-order valence-corrected chi connectivity index (χ4v) is 2.40. The molecule has 0 saturated heterocycles. The largest absolute Gasteiger partial charge is 0.256 e. The molecule has 1 nitrogen and oxygen atoms in total. The lowest BCUT2D eigenvalue weighted by Crippen LogP contribution is -1.90. The summed E-state index contributed by atoms with van der Waals surface area (Å²) in [5, 5.41) is 0. The van der Waals surface area contributed by atoms with Gasteiger partial charge in [0.2, 0.25) is 0 Å². The Morgan fingerprint density at radius 1 is 1.04 bits per heavy atom. The summed E-state index contributed by atoms with van der Waals surface area (Å²) in [4.78, 5) is 4.44. The zero-order valence-electron chi connectivity index (χ0n) is 18.8. The Balaban J connectivity index is 0.000000553. The maximum atomic E-state index is 4.44. The van der Waals surface area contributed by atoms with E-state index in [9.17, 15) is 0 Å².